The molecule has 0 aliphatic carbocycles. The summed E-state index contributed by atoms with van der Waals surface area (Å²) in [6, 6.07) is 4.94. The van der Waals surface area contributed by atoms with E-state index in [0.717, 1.165) is 22.5 Å². The summed E-state index contributed by atoms with van der Waals surface area (Å²) >= 11 is 5.66. The third-order valence-corrected chi connectivity index (χ3v) is 8.42. The van der Waals surface area contributed by atoms with Crippen LogP contribution < -0.4 is 20.4 Å². The highest BCUT2D eigenvalue weighted by Gasteiger charge is 2.51. The van der Waals surface area contributed by atoms with Gasteiger partial charge in [0, 0.05) is 60.9 Å². The average Bonchev–Trinajstić information content (AvgIpc) is 3.27. The monoisotopic (exact) mass is 771 g/mol. The first-order valence-corrected chi connectivity index (χ1v) is 17.0. The van der Waals surface area contributed by atoms with E-state index in [1.54, 1.807) is 63.4 Å². The van der Waals surface area contributed by atoms with Gasteiger partial charge in [0.1, 0.15) is 16.4 Å². The predicted octanol–water partition coefficient (Wildman–Crippen LogP) is 8.48. The van der Waals surface area contributed by atoms with Gasteiger partial charge in [-0.05, 0) is 71.2 Å². The highest BCUT2D eigenvalue weighted by atomic mass is 35.5. The topological polar surface area (TPSA) is 179 Å². The number of halogens is 1. The molecule has 15 nitrogen and oxygen atoms in total. The molecule has 1 aliphatic heterocycles. The third-order valence-electron chi connectivity index (χ3n) is 8.12. The minimum Gasteiger partial charge on any atom is -0.400 e. The first-order valence-electron chi connectivity index (χ1n) is 16.6. The van der Waals surface area contributed by atoms with Gasteiger partial charge in [0.05, 0.1) is 38.1 Å². The molecular formula is C37H59BClN9O6. The number of nitrogens with zero attached hydrogens (tertiary/aromatic N) is 8. The highest BCUT2D eigenvalue weighted by Crippen LogP contribution is 2.38. The first-order chi connectivity index (χ1) is 24.3. The van der Waals surface area contributed by atoms with Crippen molar-refractivity contribution in [3.05, 3.63) is 92.1 Å². The van der Waals surface area contributed by atoms with Crippen molar-refractivity contribution in [3.8, 4) is 0 Å². The molecule has 3 aromatic rings. The molecule has 0 saturated carbocycles. The Balaban J connectivity index is 0.000000691. The number of nitrogens with two attached hydrogens (primary N) is 1. The fourth-order valence-electron chi connectivity index (χ4n) is 4.59. The maximum Gasteiger partial charge on any atom is 0.489 e. The van der Waals surface area contributed by atoms with Crippen molar-refractivity contribution in [1.82, 2.24) is 15.0 Å². The average molecular weight is 772 g/mol. The predicted molar refractivity (Wildman–Crippen MR) is 225 cm³/mol. The number of hydrogen-bond donors (Lipinski definition) is 1. The number of pyridine rings is 3. The molecule has 1 saturated heterocycles. The van der Waals surface area contributed by atoms with Crippen LogP contribution in [0.4, 0.5) is 34.3 Å². The van der Waals surface area contributed by atoms with E-state index in [0.29, 0.717) is 22.9 Å². The van der Waals surface area contributed by atoms with Crippen LogP contribution in [-0.2, 0) is 9.31 Å². The Morgan fingerprint density at radius 1 is 0.815 bits per heavy atom. The summed E-state index contributed by atoms with van der Waals surface area (Å²) in [5.74, 6) is 0.636. The zero-order chi connectivity index (χ0) is 41.2. The molecule has 0 spiro atoms. The van der Waals surface area contributed by atoms with Crippen LogP contribution in [0.3, 0.4) is 0 Å². The lowest BCUT2D eigenvalue weighted by Gasteiger charge is -2.32. The second-order valence-electron chi connectivity index (χ2n) is 14.2. The molecule has 3 aromatic heterocycles. The lowest BCUT2D eigenvalue weighted by atomic mass is 9.81. The zero-order valence-electron chi connectivity index (χ0n) is 33.5. The van der Waals surface area contributed by atoms with Crippen molar-refractivity contribution in [2.75, 3.05) is 62.7 Å². The molecule has 1 aliphatic rings. The minimum absolute atomic E-state index is 0. The lowest BCUT2D eigenvalue weighted by Crippen LogP contribution is -2.41. The number of nitrogen functional groups attached to an aromatic ring is 1. The molecule has 17 heteroatoms. The van der Waals surface area contributed by atoms with Crippen LogP contribution >= 0.6 is 11.6 Å². The van der Waals surface area contributed by atoms with Crippen LogP contribution in [0.15, 0.2) is 55.4 Å². The van der Waals surface area contributed by atoms with Crippen LogP contribution in [0, 0.1) is 20.2 Å². The first kappa shape index (κ1) is 49.2. The van der Waals surface area contributed by atoms with Gasteiger partial charge < -0.3 is 29.7 Å². The Morgan fingerprint density at radius 2 is 1.26 bits per heavy atom. The number of aromatic nitrogens is 3. The summed E-state index contributed by atoms with van der Waals surface area (Å²) in [4.78, 5) is 37.9. The Hall–Kier alpha value is -4.80. The van der Waals surface area contributed by atoms with Crippen LogP contribution in [0.25, 0.3) is 5.57 Å². The number of allylic oxidation sites excluding steroid dienone is 2. The lowest BCUT2D eigenvalue weighted by molar-refractivity contribution is -0.384. The summed E-state index contributed by atoms with van der Waals surface area (Å²) in [5, 5.41) is 21.7. The summed E-state index contributed by atoms with van der Waals surface area (Å²) in [5.41, 5.74) is 10.6. The van der Waals surface area contributed by atoms with Gasteiger partial charge in [0.15, 0.2) is 0 Å². The molecule has 298 valence electrons. The van der Waals surface area contributed by atoms with Gasteiger partial charge >= 0.3 is 18.5 Å². The Morgan fingerprint density at radius 3 is 1.61 bits per heavy atom. The standard InChI is InChI=1S/C10H13N3O2.C10H17N3.C9H17BO2.C7H8ClN3O2.CH4/c1-7(2)9-10(13(14)15)8(12(3)4)5-6-11-9;1-7(2)10-9(11)8(13(3)4)5-6-12-10;1-7(2)10-11-8(3,4)9(5,6)12-10;1-10(2)7-6(11(12)13)5(8)3-4-9-7;/h5-6H,1H2,2-4H3;5-7H,11H2,1-4H3;1H2,2-6H3;3-4H,1-2H3;1H4. The summed E-state index contributed by atoms with van der Waals surface area (Å²) in [6.45, 7) is 23.5. The van der Waals surface area contributed by atoms with Crippen molar-refractivity contribution in [2.24, 2.45) is 0 Å². The van der Waals surface area contributed by atoms with E-state index in [2.05, 4.69) is 42.0 Å². The molecule has 0 amide bonds. The second kappa shape index (κ2) is 20.6. The van der Waals surface area contributed by atoms with Gasteiger partial charge in [0.25, 0.3) is 0 Å². The van der Waals surface area contributed by atoms with Crippen molar-refractivity contribution in [2.45, 2.75) is 79.9 Å². The highest BCUT2D eigenvalue weighted by molar-refractivity contribution is 6.54. The fraction of sp³-hybridized carbons (Fsp3) is 0.486. The third kappa shape index (κ3) is 13.0. The normalized spacial score (nSPS) is 13.4. The second-order valence-corrected chi connectivity index (χ2v) is 14.6. The molecule has 4 rings (SSSR count). The van der Waals surface area contributed by atoms with Crippen LogP contribution in [-0.4, -0.2) is 85.4 Å². The molecule has 0 aromatic carbocycles. The molecule has 2 N–H and O–H groups in total. The molecule has 0 bridgehead atoms. The van der Waals surface area contributed by atoms with E-state index < -0.39 is 9.85 Å². The zero-order valence-corrected chi connectivity index (χ0v) is 34.3. The van der Waals surface area contributed by atoms with Crippen molar-refractivity contribution >= 4 is 58.5 Å². The largest absolute Gasteiger partial charge is 0.489 e. The van der Waals surface area contributed by atoms with Gasteiger partial charge in [-0.3, -0.25) is 25.2 Å². The number of hydrogen-bond acceptors (Lipinski definition) is 13. The maximum atomic E-state index is 10.9. The molecular weight excluding hydrogens is 713 g/mol. The molecule has 1 fully saturated rings. The van der Waals surface area contributed by atoms with Crippen LogP contribution in [0.5, 0.6) is 0 Å². The smallest absolute Gasteiger partial charge is 0.400 e. The van der Waals surface area contributed by atoms with E-state index >= 15 is 0 Å². The Kier molecular flexibility index (Phi) is 18.8. The van der Waals surface area contributed by atoms with E-state index in [9.17, 15) is 20.2 Å². The minimum atomic E-state index is -0.537. The van der Waals surface area contributed by atoms with Gasteiger partial charge in [-0.2, -0.15) is 0 Å². The number of nitro groups is 2. The SMILES string of the molecule is C.C=C(C)B1OC(C)(C)C(C)(C)O1.C=C(C)c1nccc(N(C)C)c1[N+](=O)[O-].CC(C)c1nccc(N(C)C)c1N.CN(C)c1nccc(Cl)c1[N+](=O)[O-]. The van der Waals surface area contributed by atoms with Crippen molar-refractivity contribution < 1.29 is 19.2 Å². The summed E-state index contributed by atoms with van der Waals surface area (Å²) in [6.07, 6.45) is 4.79. The summed E-state index contributed by atoms with van der Waals surface area (Å²) < 4.78 is 11.4. The van der Waals surface area contributed by atoms with Crippen molar-refractivity contribution in [1.29, 1.82) is 0 Å². The fourth-order valence-corrected chi connectivity index (χ4v) is 4.80. The Labute approximate surface area is 326 Å². The molecule has 4 heterocycles. The van der Waals surface area contributed by atoms with Gasteiger partial charge in [-0.1, -0.05) is 44.9 Å². The van der Waals surface area contributed by atoms with Gasteiger partial charge in [-0.15, -0.1) is 6.58 Å². The maximum absolute atomic E-state index is 10.9. The number of rotatable bonds is 8. The van der Waals surface area contributed by atoms with Gasteiger partial charge in [-0.25, -0.2) is 9.97 Å². The molecule has 0 radical (unpaired) electrons. The van der Waals surface area contributed by atoms with E-state index in [1.165, 1.54) is 12.3 Å². The molecule has 0 unspecified atom stereocenters. The van der Waals surface area contributed by atoms with Crippen LogP contribution in [0.1, 0.15) is 80.1 Å². The quantitative estimate of drug-likeness (QED) is 0.131. The Bertz CT molecular complexity index is 1730. The van der Waals surface area contributed by atoms with Crippen LogP contribution in [0.2, 0.25) is 5.02 Å². The molecule has 0 atom stereocenters. The van der Waals surface area contributed by atoms with E-state index in [4.69, 9.17) is 26.6 Å². The van der Waals surface area contributed by atoms with Gasteiger partial charge in [0.2, 0.25) is 5.82 Å². The van der Waals surface area contributed by atoms with Crippen molar-refractivity contribution in [3.63, 3.8) is 0 Å². The summed E-state index contributed by atoms with van der Waals surface area (Å²) in [7, 11) is 10.6. The van der Waals surface area contributed by atoms with E-state index in [1.807, 2.05) is 59.7 Å². The molecule has 54 heavy (non-hydrogen) atoms. The number of anilines is 4. The van der Waals surface area contributed by atoms with E-state index in [-0.39, 0.29) is 48.0 Å².